The van der Waals surface area contributed by atoms with Gasteiger partial charge in [-0.15, -0.1) is 0 Å². The van der Waals surface area contributed by atoms with E-state index in [9.17, 15) is 4.11 Å². The van der Waals surface area contributed by atoms with Gasteiger partial charge < -0.3 is 17.7 Å². The van der Waals surface area contributed by atoms with E-state index in [2.05, 4.69) is 0 Å². The Morgan fingerprint density at radius 2 is 1.31 bits per heavy atom. The van der Waals surface area contributed by atoms with Crippen LogP contribution in [0.1, 0.15) is 12.8 Å². The van der Waals surface area contributed by atoms with Gasteiger partial charge in [-0.25, -0.2) is 4.11 Å². The summed E-state index contributed by atoms with van der Waals surface area (Å²) in [6, 6.07) is 0. The highest BCUT2D eigenvalue weighted by molar-refractivity contribution is 6.69. The smallest absolute Gasteiger partial charge is 0.398 e. The zero-order valence-electron chi connectivity index (χ0n) is 10.6. The third-order valence-corrected chi connectivity index (χ3v) is 9.87. The molecule has 0 aromatic carbocycles. The lowest BCUT2D eigenvalue weighted by Crippen LogP contribution is -2.52. The van der Waals surface area contributed by atoms with Crippen molar-refractivity contribution in [2.45, 2.75) is 30.5 Å². The first-order valence-electron chi connectivity index (χ1n) is 5.35. The number of hydrogen-bond donors (Lipinski definition) is 0. The van der Waals surface area contributed by atoms with Crippen molar-refractivity contribution in [2.24, 2.45) is 0 Å². The van der Waals surface area contributed by atoms with Crippen LogP contribution >= 0.6 is 0 Å². The van der Waals surface area contributed by atoms with Crippen LogP contribution in [0.5, 0.6) is 0 Å². The maximum atomic E-state index is 14.1. The largest absolute Gasteiger partial charge is 0.542 e. The Morgan fingerprint density at radius 1 is 0.875 bits per heavy atom. The fourth-order valence-corrected chi connectivity index (χ4v) is 6.86. The molecule has 0 amide bonds. The molecule has 0 N–H and O–H groups in total. The van der Waals surface area contributed by atoms with Crippen molar-refractivity contribution in [2.75, 3.05) is 28.4 Å². The SMILES string of the molecule is CO[Si](C)(OC)C1CC([Si](F)(OC)OC)C1. The van der Waals surface area contributed by atoms with Crippen molar-refractivity contribution in [3.63, 3.8) is 0 Å². The molecular weight excluding hydrogens is 247 g/mol. The van der Waals surface area contributed by atoms with Crippen LogP contribution in [0.3, 0.4) is 0 Å². The van der Waals surface area contributed by atoms with Crippen LogP contribution in [0.2, 0.25) is 17.6 Å². The van der Waals surface area contributed by atoms with Crippen LogP contribution in [0.15, 0.2) is 0 Å². The molecule has 0 bridgehead atoms. The monoisotopic (exact) mass is 268 g/mol. The Bertz CT molecular complexity index is 206. The lowest BCUT2D eigenvalue weighted by molar-refractivity contribution is 0.147. The predicted molar refractivity (Wildman–Crippen MR) is 63.3 cm³/mol. The highest BCUT2D eigenvalue weighted by atomic mass is 28.4. The summed E-state index contributed by atoms with van der Waals surface area (Å²) in [5.41, 5.74) is 0.241. The van der Waals surface area contributed by atoms with Crippen molar-refractivity contribution in [3.05, 3.63) is 0 Å². The number of hydrogen-bond acceptors (Lipinski definition) is 4. The zero-order chi connectivity index (χ0) is 12.4. The molecule has 0 aliphatic heterocycles. The molecule has 1 aliphatic rings. The molecule has 1 fully saturated rings. The van der Waals surface area contributed by atoms with Crippen molar-refractivity contribution in [3.8, 4) is 0 Å². The van der Waals surface area contributed by atoms with Crippen LogP contribution in [0.4, 0.5) is 4.11 Å². The van der Waals surface area contributed by atoms with Gasteiger partial charge in [0.25, 0.3) is 0 Å². The minimum absolute atomic E-state index is 0.0929. The molecule has 96 valence electrons. The van der Waals surface area contributed by atoms with Crippen LogP contribution < -0.4 is 0 Å². The van der Waals surface area contributed by atoms with Crippen LogP contribution in [-0.4, -0.2) is 45.9 Å². The van der Waals surface area contributed by atoms with Gasteiger partial charge in [0.2, 0.25) is 0 Å². The second-order valence-corrected chi connectivity index (χ2v) is 10.7. The first kappa shape index (κ1) is 14.3. The average Bonchev–Trinajstić information content (AvgIpc) is 2.26. The molecule has 1 rings (SSSR count). The first-order chi connectivity index (χ1) is 7.45. The van der Waals surface area contributed by atoms with Crippen LogP contribution in [0, 0.1) is 0 Å². The van der Waals surface area contributed by atoms with E-state index < -0.39 is 17.5 Å². The zero-order valence-corrected chi connectivity index (χ0v) is 12.6. The fourth-order valence-electron chi connectivity index (χ4n) is 2.16. The molecule has 1 aliphatic carbocycles. The van der Waals surface area contributed by atoms with Gasteiger partial charge in [-0.05, 0) is 19.4 Å². The van der Waals surface area contributed by atoms with Gasteiger partial charge in [0.1, 0.15) is 0 Å². The Morgan fingerprint density at radius 3 is 1.62 bits per heavy atom. The third kappa shape index (κ3) is 2.39. The molecule has 0 saturated heterocycles. The average molecular weight is 268 g/mol. The molecule has 0 heterocycles. The Kier molecular flexibility index (Phi) is 4.67. The second kappa shape index (κ2) is 5.24. The maximum Gasteiger partial charge on any atom is 0.542 e. The molecule has 0 spiro atoms. The minimum Gasteiger partial charge on any atom is -0.398 e. The lowest BCUT2D eigenvalue weighted by Gasteiger charge is -2.45. The van der Waals surface area contributed by atoms with Gasteiger partial charge in [-0.2, -0.15) is 0 Å². The summed E-state index contributed by atoms with van der Waals surface area (Å²) in [7, 11) is 0.523. The van der Waals surface area contributed by atoms with Crippen LogP contribution in [0.25, 0.3) is 0 Å². The molecule has 1 saturated carbocycles. The van der Waals surface area contributed by atoms with Gasteiger partial charge in [0.05, 0.1) is 0 Å². The van der Waals surface area contributed by atoms with E-state index in [1.165, 1.54) is 14.2 Å². The highest BCUT2D eigenvalue weighted by Crippen LogP contribution is 2.54. The summed E-state index contributed by atoms with van der Waals surface area (Å²) in [4.78, 5) is 0. The molecule has 16 heavy (non-hydrogen) atoms. The summed E-state index contributed by atoms with van der Waals surface area (Å²) in [5, 5.41) is 0. The maximum absolute atomic E-state index is 14.1. The quantitative estimate of drug-likeness (QED) is 0.546. The van der Waals surface area contributed by atoms with Crippen molar-refractivity contribution in [1.82, 2.24) is 0 Å². The molecule has 0 aromatic heterocycles. The molecule has 0 radical (unpaired) electrons. The van der Waals surface area contributed by atoms with E-state index in [1.807, 2.05) is 6.55 Å². The van der Waals surface area contributed by atoms with E-state index in [-0.39, 0.29) is 5.54 Å². The van der Waals surface area contributed by atoms with E-state index in [0.717, 1.165) is 12.8 Å². The summed E-state index contributed by atoms with van der Waals surface area (Å²) in [6.45, 7) is 2.01. The van der Waals surface area contributed by atoms with Gasteiger partial charge >= 0.3 is 17.5 Å². The van der Waals surface area contributed by atoms with Crippen molar-refractivity contribution < 1.29 is 21.8 Å². The van der Waals surface area contributed by atoms with E-state index >= 15 is 0 Å². The molecule has 4 nitrogen and oxygen atoms in total. The van der Waals surface area contributed by atoms with E-state index in [0.29, 0.717) is 5.54 Å². The number of halogens is 1. The molecule has 0 unspecified atom stereocenters. The summed E-state index contributed by atoms with van der Waals surface area (Å²) < 4.78 is 34.8. The van der Waals surface area contributed by atoms with Gasteiger partial charge in [-0.1, -0.05) is 0 Å². The molecule has 0 atom stereocenters. The summed E-state index contributed by atoms with van der Waals surface area (Å²) in [5.74, 6) is 0. The number of rotatable bonds is 6. The lowest BCUT2D eigenvalue weighted by atomic mass is 9.98. The Hall–Kier alpha value is 0.204. The van der Waals surface area contributed by atoms with Gasteiger partial charge in [-0.3, -0.25) is 0 Å². The topological polar surface area (TPSA) is 36.9 Å². The second-order valence-electron chi connectivity index (χ2n) is 4.28. The Labute approximate surface area is 98.7 Å². The molecule has 7 heteroatoms. The normalized spacial score (nSPS) is 26.6. The fraction of sp³-hybridized carbons (Fsp3) is 1.00. The molecule has 0 aromatic rings. The van der Waals surface area contributed by atoms with E-state index in [1.54, 1.807) is 14.2 Å². The summed E-state index contributed by atoms with van der Waals surface area (Å²) in [6.07, 6.45) is 1.49. The van der Waals surface area contributed by atoms with Crippen LogP contribution in [-0.2, 0) is 17.7 Å². The highest BCUT2D eigenvalue weighted by Gasteiger charge is 2.58. The van der Waals surface area contributed by atoms with Gasteiger partial charge in [0.15, 0.2) is 0 Å². The van der Waals surface area contributed by atoms with Crippen molar-refractivity contribution in [1.29, 1.82) is 0 Å². The minimum atomic E-state index is -3.45. The molecular formula is C9H21FO4Si2. The Balaban J connectivity index is 2.55. The van der Waals surface area contributed by atoms with E-state index in [4.69, 9.17) is 17.7 Å². The van der Waals surface area contributed by atoms with Gasteiger partial charge in [0, 0.05) is 39.5 Å². The first-order valence-corrected chi connectivity index (χ1v) is 9.51. The third-order valence-electron chi connectivity index (χ3n) is 3.73. The van der Waals surface area contributed by atoms with Crippen molar-refractivity contribution >= 4 is 17.5 Å². The summed E-state index contributed by atoms with van der Waals surface area (Å²) >= 11 is 0. The standard InChI is InChI=1S/C9H21FO4Si2/c1-11-15(5,12-2)8-6-9(7-8)16(10,13-3)14-4/h8-9H,6-7H2,1-5H3. The predicted octanol–water partition coefficient (Wildman–Crippen LogP) is 2.09.